The highest BCUT2D eigenvalue weighted by Crippen LogP contribution is 2.04. The smallest absolute Gasteiger partial charge is 0.338 e. The summed E-state index contributed by atoms with van der Waals surface area (Å²) in [6.07, 6.45) is 2.57. The number of carboxylic acids is 1. The molecule has 1 aromatic heterocycles. The number of nitrogens with zero attached hydrogens (tertiary/aromatic N) is 3. The number of carboxylic acid groups (broad SMARTS) is 1. The Labute approximate surface area is 87.5 Å². The fourth-order valence-corrected chi connectivity index (χ4v) is 0.957. The Morgan fingerprint density at radius 3 is 2.60 bits per heavy atom. The van der Waals surface area contributed by atoms with Gasteiger partial charge >= 0.3 is 5.97 Å². The SMILES string of the molecule is COCCN(C)c1ncc(C(=O)O)cn1. The number of aromatic nitrogens is 2. The van der Waals surface area contributed by atoms with Crippen molar-refractivity contribution in [3.8, 4) is 0 Å². The fraction of sp³-hybridized carbons (Fsp3) is 0.444. The van der Waals surface area contributed by atoms with Crippen molar-refractivity contribution in [3.63, 3.8) is 0 Å². The first-order valence-electron chi connectivity index (χ1n) is 4.40. The Kier molecular flexibility index (Phi) is 3.99. The van der Waals surface area contributed by atoms with Crippen LogP contribution in [0.4, 0.5) is 5.95 Å². The molecule has 0 saturated heterocycles. The molecule has 0 fully saturated rings. The molecule has 0 aromatic carbocycles. The summed E-state index contributed by atoms with van der Waals surface area (Å²) in [4.78, 5) is 20.2. The third-order valence-electron chi connectivity index (χ3n) is 1.86. The molecule has 82 valence electrons. The maximum absolute atomic E-state index is 10.5. The number of hydrogen-bond donors (Lipinski definition) is 1. The minimum absolute atomic E-state index is 0.0823. The minimum atomic E-state index is -1.03. The lowest BCUT2D eigenvalue weighted by molar-refractivity contribution is 0.0696. The second kappa shape index (κ2) is 5.26. The molecular formula is C9H13N3O3. The number of anilines is 1. The lowest BCUT2D eigenvalue weighted by atomic mass is 10.3. The Hall–Kier alpha value is -1.69. The number of hydrogen-bond acceptors (Lipinski definition) is 5. The van der Waals surface area contributed by atoms with E-state index in [4.69, 9.17) is 9.84 Å². The highest BCUT2D eigenvalue weighted by Gasteiger charge is 2.06. The minimum Gasteiger partial charge on any atom is -0.478 e. The van der Waals surface area contributed by atoms with E-state index in [1.54, 1.807) is 12.0 Å². The van der Waals surface area contributed by atoms with Crippen LogP contribution in [0.1, 0.15) is 10.4 Å². The maximum atomic E-state index is 10.5. The summed E-state index contributed by atoms with van der Waals surface area (Å²) in [5, 5.41) is 8.64. The molecule has 0 aliphatic carbocycles. The Morgan fingerprint density at radius 2 is 2.13 bits per heavy atom. The largest absolute Gasteiger partial charge is 0.478 e. The van der Waals surface area contributed by atoms with E-state index in [0.29, 0.717) is 19.1 Å². The molecule has 0 bridgehead atoms. The van der Waals surface area contributed by atoms with E-state index in [0.717, 1.165) is 0 Å². The molecule has 15 heavy (non-hydrogen) atoms. The normalized spacial score (nSPS) is 10.0. The number of rotatable bonds is 5. The summed E-state index contributed by atoms with van der Waals surface area (Å²) in [7, 11) is 3.43. The van der Waals surface area contributed by atoms with Crippen LogP contribution in [-0.4, -0.2) is 48.4 Å². The molecule has 0 atom stereocenters. The quantitative estimate of drug-likeness (QED) is 0.752. The van der Waals surface area contributed by atoms with Crippen molar-refractivity contribution in [2.24, 2.45) is 0 Å². The van der Waals surface area contributed by atoms with E-state index < -0.39 is 5.97 Å². The summed E-state index contributed by atoms with van der Waals surface area (Å²) in [5.41, 5.74) is 0.0823. The van der Waals surface area contributed by atoms with E-state index in [1.807, 2.05) is 7.05 Å². The number of aromatic carboxylic acids is 1. The van der Waals surface area contributed by atoms with Crippen LogP contribution in [-0.2, 0) is 4.74 Å². The van der Waals surface area contributed by atoms with Gasteiger partial charge in [0.05, 0.1) is 12.2 Å². The van der Waals surface area contributed by atoms with Crippen LogP contribution in [0.2, 0.25) is 0 Å². The second-order valence-electron chi connectivity index (χ2n) is 2.99. The molecule has 0 unspecified atom stereocenters. The number of carbonyl (C=O) groups is 1. The molecule has 0 amide bonds. The molecule has 0 aliphatic rings. The molecule has 1 aromatic rings. The summed E-state index contributed by atoms with van der Waals surface area (Å²) >= 11 is 0. The topological polar surface area (TPSA) is 75.5 Å². The molecule has 0 saturated carbocycles. The zero-order chi connectivity index (χ0) is 11.3. The van der Waals surface area contributed by atoms with Gasteiger partial charge in [-0.3, -0.25) is 0 Å². The standard InChI is InChI=1S/C9H13N3O3/c1-12(3-4-15-2)9-10-5-7(6-11-9)8(13)14/h5-6H,3-4H2,1-2H3,(H,13,14). The first kappa shape index (κ1) is 11.4. The van der Waals surface area contributed by atoms with Crippen LogP contribution in [0.25, 0.3) is 0 Å². The van der Waals surface area contributed by atoms with Crippen LogP contribution in [0, 0.1) is 0 Å². The summed E-state index contributed by atoms with van der Waals surface area (Å²) < 4.78 is 4.90. The predicted octanol–water partition coefficient (Wildman–Crippen LogP) is 0.257. The number of methoxy groups -OCH3 is 1. The Morgan fingerprint density at radius 1 is 1.53 bits per heavy atom. The first-order chi connectivity index (χ1) is 7.15. The number of ether oxygens (including phenoxy) is 1. The maximum Gasteiger partial charge on any atom is 0.338 e. The zero-order valence-corrected chi connectivity index (χ0v) is 8.67. The van der Waals surface area contributed by atoms with Crippen molar-refractivity contribution in [3.05, 3.63) is 18.0 Å². The Balaban J connectivity index is 2.66. The van der Waals surface area contributed by atoms with Gasteiger partial charge < -0.3 is 14.7 Å². The van der Waals surface area contributed by atoms with E-state index in [2.05, 4.69) is 9.97 Å². The van der Waals surface area contributed by atoms with Gasteiger partial charge in [0.15, 0.2) is 0 Å². The zero-order valence-electron chi connectivity index (χ0n) is 8.67. The van der Waals surface area contributed by atoms with Crippen molar-refractivity contribution in [1.29, 1.82) is 0 Å². The number of likely N-dealkylation sites (N-methyl/N-ethyl adjacent to an activating group) is 1. The molecule has 0 spiro atoms. The summed E-state index contributed by atoms with van der Waals surface area (Å²) in [6.45, 7) is 1.23. The lowest BCUT2D eigenvalue weighted by Crippen LogP contribution is -2.24. The van der Waals surface area contributed by atoms with Crippen LogP contribution in [0.3, 0.4) is 0 Å². The molecule has 6 heteroatoms. The van der Waals surface area contributed by atoms with E-state index >= 15 is 0 Å². The van der Waals surface area contributed by atoms with Gasteiger partial charge in [-0.15, -0.1) is 0 Å². The molecule has 1 heterocycles. The van der Waals surface area contributed by atoms with E-state index in [1.165, 1.54) is 12.4 Å². The Bertz CT molecular complexity index is 326. The highest BCUT2D eigenvalue weighted by molar-refractivity contribution is 5.86. The van der Waals surface area contributed by atoms with Crippen molar-refractivity contribution in [2.75, 3.05) is 32.2 Å². The van der Waals surface area contributed by atoms with Crippen LogP contribution in [0.5, 0.6) is 0 Å². The molecule has 6 nitrogen and oxygen atoms in total. The second-order valence-corrected chi connectivity index (χ2v) is 2.99. The van der Waals surface area contributed by atoms with Crippen molar-refractivity contribution in [1.82, 2.24) is 9.97 Å². The van der Waals surface area contributed by atoms with Gasteiger partial charge in [0.25, 0.3) is 0 Å². The lowest BCUT2D eigenvalue weighted by Gasteiger charge is -2.15. The van der Waals surface area contributed by atoms with Gasteiger partial charge in [0, 0.05) is 33.1 Å². The van der Waals surface area contributed by atoms with Crippen LogP contribution >= 0.6 is 0 Å². The average Bonchev–Trinajstić information content (AvgIpc) is 2.26. The van der Waals surface area contributed by atoms with Gasteiger partial charge in [0.1, 0.15) is 0 Å². The van der Waals surface area contributed by atoms with E-state index in [-0.39, 0.29) is 5.56 Å². The van der Waals surface area contributed by atoms with Crippen LogP contribution in [0.15, 0.2) is 12.4 Å². The molecule has 0 aliphatic heterocycles. The van der Waals surface area contributed by atoms with Gasteiger partial charge in [-0.05, 0) is 0 Å². The molecule has 0 radical (unpaired) electrons. The van der Waals surface area contributed by atoms with Gasteiger partial charge in [-0.1, -0.05) is 0 Å². The predicted molar refractivity (Wildman–Crippen MR) is 54.1 cm³/mol. The highest BCUT2D eigenvalue weighted by atomic mass is 16.5. The average molecular weight is 211 g/mol. The van der Waals surface area contributed by atoms with Crippen LogP contribution < -0.4 is 4.90 Å². The van der Waals surface area contributed by atoms with Crippen molar-refractivity contribution < 1.29 is 14.6 Å². The summed E-state index contributed by atoms with van der Waals surface area (Å²) in [5.74, 6) is -0.543. The molecule has 1 N–H and O–H groups in total. The third kappa shape index (κ3) is 3.17. The summed E-state index contributed by atoms with van der Waals surface area (Å²) in [6, 6.07) is 0. The first-order valence-corrected chi connectivity index (χ1v) is 4.40. The fourth-order valence-electron chi connectivity index (χ4n) is 0.957. The van der Waals surface area contributed by atoms with Crippen molar-refractivity contribution >= 4 is 11.9 Å². The van der Waals surface area contributed by atoms with Gasteiger partial charge in [0.2, 0.25) is 5.95 Å². The van der Waals surface area contributed by atoms with Gasteiger partial charge in [-0.25, -0.2) is 14.8 Å². The monoisotopic (exact) mass is 211 g/mol. The van der Waals surface area contributed by atoms with E-state index in [9.17, 15) is 4.79 Å². The molecular weight excluding hydrogens is 198 g/mol. The third-order valence-corrected chi connectivity index (χ3v) is 1.86. The van der Waals surface area contributed by atoms with Gasteiger partial charge in [-0.2, -0.15) is 0 Å². The van der Waals surface area contributed by atoms with Crippen molar-refractivity contribution in [2.45, 2.75) is 0 Å². The molecule has 1 rings (SSSR count).